The topological polar surface area (TPSA) is 40.6 Å². The van der Waals surface area contributed by atoms with Crippen LogP contribution in [0.3, 0.4) is 0 Å². The van der Waals surface area contributed by atoms with Gasteiger partial charge in [-0.2, -0.15) is 0 Å². The van der Waals surface area contributed by atoms with Gasteiger partial charge >= 0.3 is 0 Å². The Hall–Kier alpha value is -1.43. The first-order chi connectivity index (χ1) is 12.3. The van der Waals surface area contributed by atoms with Gasteiger partial charge in [0.15, 0.2) is 0 Å². The summed E-state index contributed by atoms with van der Waals surface area (Å²) < 4.78 is 5.57. The Bertz CT molecular complexity index is 616. The average molecular weight is 342 g/mol. The fourth-order valence-corrected chi connectivity index (χ4v) is 4.14. The fourth-order valence-electron chi connectivity index (χ4n) is 4.14. The average Bonchev–Trinajstić information content (AvgIpc) is 3.17. The molecule has 0 radical (unpaired) electrons. The summed E-state index contributed by atoms with van der Waals surface area (Å²) in [6, 6.07) is 4.99. The SMILES string of the molecule is Cc1cc(N2CCN(CC3=CCCOC3)CC2)cc([C@@H]2CCCN2)n1. The van der Waals surface area contributed by atoms with E-state index in [2.05, 4.69) is 40.2 Å². The molecule has 0 amide bonds. The van der Waals surface area contributed by atoms with Gasteiger partial charge < -0.3 is 15.0 Å². The predicted octanol–water partition coefficient (Wildman–Crippen LogP) is 2.28. The van der Waals surface area contributed by atoms with Gasteiger partial charge in [0, 0.05) is 50.1 Å². The monoisotopic (exact) mass is 342 g/mol. The van der Waals surface area contributed by atoms with Gasteiger partial charge in [0.25, 0.3) is 0 Å². The van der Waals surface area contributed by atoms with Gasteiger partial charge in [0.05, 0.1) is 18.9 Å². The highest BCUT2D eigenvalue weighted by atomic mass is 16.5. The molecule has 1 atom stereocenters. The van der Waals surface area contributed by atoms with Crippen LogP contribution in [0.25, 0.3) is 0 Å². The molecule has 0 aromatic carbocycles. The number of nitrogens with one attached hydrogen (secondary N) is 1. The number of hydrogen-bond donors (Lipinski definition) is 1. The smallest absolute Gasteiger partial charge is 0.0689 e. The zero-order chi connectivity index (χ0) is 17.1. The van der Waals surface area contributed by atoms with Crippen LogP contribution < -0.4 is 10.2 Å². The normalized spacial score (nSPS) is 25.2. The summed E-state index contributed by atoms with van der Waals surface area (Å²) in [4.78, 5) is 9.87. The van der Waals surface area contributed by atoms with Gasteiger partial charge in [0.1, 0.15) is 0 Å². The summed E-state index contributed by atoms with van der Waals surface area (Å²) in [6.45, 7) is 10.4. The molecule has 0 bridgehead atoms. The highest BCUT2D eigenvalue weighted by Crippen LogP contribution is 2.26. The molecule has 5 heteroatoms. The zero-order valence-corrected chi connectivity index (χ0v) is 15.3. The van der Waals surface area contributed by atoms with Crippen LogP contribution in [0, 0.1) is 6.92 Å². The number of piperazine rings is 1. The van der Waals surface area contributed by atoms with Crippen molar-refractivity contribution in [1.82, 2.24) is 15.2 Å². The summed E-state index contributed by atoms with van der Waals surface area (Å²) >= 11 is 0. The number of nitrogens with zero attached hydrogens (tertiary/aromatic N) is 3. The Kier molecular flexibility index (Phi) is 5.34. The van der Waals surface area contributed by atoms with E-state index in [1.807, 2.05) is 0 Å². The Morgan fingerprint density at radius 2 is 2.12 bits per heavy atom. The van der Waals surface area contributed by atoms with E-state index in [0.717, 1.165) is 64.6 Å². The van der Waals surface area contributed by atoms with Crippen LogP contribution >= 0.6 is 0 Å². The van der Waals surface area contributed by atoms with E-state index in [1.54, 1.807) is 0 Å². The number of pyridine rings is 1. The number of anilines is 1. The molecule has 0 aliphatic carbocycles. The molecule has 0 spiro atoms. The molecule has 25 heavy (non-hydrogen) atoms. The number of ether oxygens (including phenoxy) is 1. The lowest BCUT2D eigenvalue weighted by atomic mass is 10.1. The van der Waals surface area contributed by atoms with Crippen LogP contribution in [0.2, 0.25) is 0 Å². The van der Waals surface area contributed by atoms with Crippen molar-refractivity contribution in [2.45, 2.75) is 32.2 Å². The Labute approximate surface area is 151 Å². The maximum Gasteiger partial charge on any atom is 0.0689 e. The van der Waals surface area contributed by atoms with Crippen LogP contribution in [0.5, 0.6) is 0 Å². The summed E-state index contributed by atoms with van der Waals surface area (Å²) in [5, 5.41) is 3.58. The largest absolute Gasteiger partial charge is 0.377 e. The van der Waals surface area contributed by atoms with Crippen LogP contribution in [0.1, 0.15) is 36.7 Å². The molecule has 3 aliphatic heterocycles. The van der Waals surface area contributed by atoms with Crippen LogP contribution in [-0.2, 0) is 4.74 Å². The molecule has 2 fully saturated rings. The molecule has 3 aliphatic rings. The van der Waals surface area contributed by atoms with Crippen molar-refractivity contribution in [2.75, 3.05) is 57.4 Å². The van der Waals surface area contributed by atoms with Crippen molar-refractivity contribution in [2.24, 2.45) is 0 Å². The molecule has 2 saturated heterocycles. The molecule has 1 aromatic rings. The first-order valence-electron chi connectivity index (χ1n) is 9.73. The number of aryl methyl sites for hydroxylation is 1. The molecule has 4 heterocycles. The van der Waals surface area contributed by atoms with Crippen LogP contribution in [0.15, 0.2) is 23.8 Å². The highest BCUT2D eigenvalue weighted by molar-refractivity contribution is 5.49. The van der Waals surface area contributed by atoms with E-state index < -0.39 is 0 Å². The van der Waals surface area contributed by atoms with Gasteiger partial charge in [-0.3, -0.25) is 9.88 Å². The molecule has 0 unspecified atom stereocenters. The van der Waals surface area contributed by atoms with Crippen molar-refractivity contribution in [3.8, 4) is 0 Å². The van der Waals surface area contributed by atoms with E-state index in [1.165, 1.54) is 29.8 Å². The van der Waals surface area contributed by atoms with E-state index >= 15 is 0 Å². The van der Waals surface area contributed by atoms with Gasteiger partial charge in [-0.05, 0) is 50.4 Å². The van der Waals surface area contributed by atoms with Crippen LogP contribution in [0.4, 0.5) is 5.69 Å². The number of hydrogen-bond acceptors (Lipinski definition) is 5. The van der Waals surface area contributed by atoms with Gasteiger partial charge in [-0.25, -0.2) is 0 Å². The number of aromatic nitrogens is 1. The van der Waals surface area contributed by atoms with E-state index in [-0.39, 0.29) is 0 Å². The molecule has 4 rings (SSSR count). The lowest BCUT2D eigenvalue weighted by Gasteiger charge is -2.37. The maximum atomic E-state index is 5.57. The molecule has 0 saturated carbocycles. The minimum atomic E-state index is 0.443. The van der Waals surface area contributed by atoms with E-state index in [4.69, 9.17) is 9.72 Å². The summed E-state index contributed by atoms with van der Waals surface area (Å²) in [6.07, 6.45) is 5.90. The second-order valence-corrected chi connectivity index (χ2v) is 7.51. The Balaban J connectivity index is 1.37. The Morgan fingerprint density at radius 1 is 1.24 bits per heavy atom. The molecule has 1 aromatic heterocycles. The molecular formula is C20H30N4O. The van der Waals surface area contributed by atoms with Crippen molar-refractivity contribution in [1.29, 1.82) is 0 Å². The third-order valence-corrected chi connectivity index (χ3v) is 5.52. The zero-order valence-electron chi connectivity index (χ0n) is 15.3. The van der Waals surface area contributed by atoms with E-state index in [9.17, 15) is 0 Å². The van der Waals surface area contributed by atoms with Gasteiger partial charge in [-0.15, -0.1) is 0 Å². The summed E-state index contributed by atoms with van der Waals surface area (Å²) in [5.41, 5.74) is 5.15. The van der Waals surface area contributed by atoms with Crippen LogP contribution in [-0.4, -0.2) is 62.4 Å². The van der Waals surface area contributed by atoms with Crippen molar-refractivity contribution < 1.29 is 4.74 Å². The van der Waals surface area contributed by atoms with Gasteiger partial charge in [-0.1, -0.05) is 6.08 Å². The van der Waals surface area contributed by atoms with E-state index in [0.29, 0.717) is 6.04 Å². The highest BCUT2D eigenvalue weighted by Gasteiger charge is 2.22. The first kappa shape index (κ1) is 17.0. The molecule has 1 N–H and O–H groups in total. The van der Waals surface area contributed by atoms with Crippen molar-refractivity contribution >= 4 is 5.69 Å². The Morgan fingerprint density at radius 3 is 2.84 bits per heavy atom. The quantitative estimate of drug-likeness (QED) is 0.850. The maximum absolute atomic E-state index is 5.57. The molecule has 5 nitrogen and oxygen atoms in total. The third kappa shape index (κ3) is 4.22. The van der Waals surface area contributed by atoms with Gasteiger partial charge in [0.2, 0.25) is 0 Å². The lowest BCUT2D eigenvalue weighted by molar-refractivity contribution is 0.141. The number of rotatable bonds is 4. The summed E-state index contributed by atoms with van der Waals surface area (Å²) in [7, 11) is 0. The molecule has 136 valence electrons. The second-order valence-electron chi connectivity index (χ2n) is 7.51. The second kappa shape index (κ2) is 7.85. The lowest BCUT2D eigenvalue weighted by Crippen LogP contribution is -2.47. The van der Waals surface area contributed by atoms with Crippen molar-refractivity contribution in [3.63, 3.8) is 0 Å². The standard InChI is InChI=1S/C20H30N4O/c1-16-12-18(13-20(22-16)19-5-2-6-21-19)24-9-7-23(8-10-24)14-17-4-3-11-25-15-17/h4,12-13,19,21H,2-3,5-11,14-15H2,1H3/t19-/m0/s1. The minimum Gasteiger partial charge on any atom is -0.377 e. The van der Waals surface area contributed by atoms with Crippen molar-refractivity contribution in [3.05, 3.63) is 35.2 Å². The first-order valence-corrected chi connectivity index (χ1v) is 9.73. The third-order valence-electron chi connectivity index (χ3n) is 5.52. The minimum absolute atomic E-state index is 0.443. The molecular weight excluding hydrogens is 312 g/mol. The summed E-state index contributed by atoms with van der Waals surface area (Å²) in [5.74, 6) is 0. The fraction of sp³-hybridized carbons (Fsp3) is 0.650. The predicted molar refractivity (Wildman–Crippen MR) is 101 cm³/mol.